The molecule has 0 aliphatic heterocycles. The minimum absolute atomic E-state index is 0.443. The van der Waals surface area contributed by atoms with Crippen LogP contribution in [-0.2, 0) is 4.74 Å². The van der Waals surface area contributed by atoms with Crippen LogP contribution in [0.15, 0.2) is 18.2 Å². The Kier molecular flexibility index (Phi) is 7.20. The van der Waals surface area contributed by atoms with Gasteiger partial charge in [-0.1, -0.05) is 30.7 Å². The third kappa shape index (κ3) is 4.89. The summed E-state index contributed by atoms with van der Waals surface area (Å²) in [5, 5.41) is 10.5. The zero-order valence-corrected chi connectivity index (χ0v) is 13.5. The predicted octanol–water partition coefficient (Wildman–Crippen LogP) is 3.08. The first-order valence-corrected chi connectivity index (χ1v) is 7.47. The predicted molar refractivity (Wildman–Crippen MR) is 84.1 cm³/mol. The molecule has 114 valence electrons. The van der Waals surface area contributed by atoms with E-state index in [1.807, 2.05) is 6.07 Å². The van der Waals surface area contributed by atoms with Gasteiger partial charge in [-0.2, -0.15) is 0 Å². The van der Waals surface area contributed by atoms with E-state index in [0.29, 0.717) is 19.2 Å². The van der Waals surface area contributed by atoms with Crippen molar-refractivity contribution in [3.63, 3.8) is 0 Å². The summed E-state index contributed by atoms with van der Waals surface area (Å²) in [7, 11) is 1.72. The topological polar surface area (TPSA) is 32.7 Å². The third-order valence-corrected chi connectivity index (χ3v) is 3.99. The lowest BCUT2D eigenvalue weighted by atomic mass is 10.0. The van der Waals surface area contributed by atoms with Crippen LogP contribution in [0.4, 0.5) is 0 Å². The molecule has 1 aromatic carbocycles. The van der Waals surface area contributed by atoms with Gasteiger partial charge in [0.15, 0.2) is 0 Å². The molecule has 0 heterocycles. The van der Waals surface area contributed by atoms with Gasteiger partial charge in [0.05, 0.1) is 12.7 Å². The summed E-state index contributed by atoms with van der Waals surface area (Å²) in [6, 6.07) is 6.68. The summed E-state index contributed by atoms with van der Waals surface area (Å²) < 4.78 is 5.17. The summed E-state index contributed by atoms with van der Waals surface area (Å²) in [6.45, 7) is 10.7. The zero-order chi connectivity index (χ0) is 15.1. The molecule has 0 radical (unpaired) electrons. The molecule has 20 heavy (non-hydrogen) atoms. The Morgan fingerprint density at radius 1 is 1.30 bits per heavy atom. The van der Waals surface area contributed by atoms with Crippen molar-refractivity contribution in [3.8, 4) is 0 Å². The maximum atomic E-state index is 10.5. The summed E-state index contributed by atoms with van der Waals surface area (Å²) >= 11 is 0. The van der Waals surface area contributed by atoms with E-state index in [9.17, 15) is 5.11 Å². The second-order valence-corrected chi connectivity index (χ2v) is 5.62. The van der Waals surface area contributed by atoms with Crippen LogP contribution in [0.25, 0.3) is 0 Å². The van der Waals surface area contributed by atoms with Crippen LogP contribution < -0.4 is 0 Å². The number of hydrogen-bond donors (Lipinski definition) is 1. The van der Waals surface area contributed by atoms with Crippen molar-refractivity contribution < 1.29 is 9.84 Å². The van der Waals surface area contributed by atoms with E-state index >= 15 is 0 Å². The van der Waals surface area contributed by atoms with Gasteiger partial charge in [-0.3, -0.25) is 4.90 Å². The largest absolute Gasteiger partial charge is 0.387 e. The highest BCUT2D eigenvalue weighted by atomic mass is 16.5. The van der Waals surface area contributed by atoms with E-state index in [1.165, 1.54) is 5.56 Å². The number of rotatable bonds is 8. The lowest BCUT2D eigenvalue weighted by Crippen LogP contribution is -2.38. The summed E-state index contributed by atoms with van der Waals surface area (Å²) in [4.78, 5) is 2.30. The molecule has 1 aromatic rings. The van der Waals surface area contributed by atoms with E-state index in [4.69, 9.17) is 4.74 Å². The highest BCUT2D eigenvalue weighted by Gasteiger charge is 2.18. The van der Waals surface area contributed by atoms with Crippen molar-refractivity contribution in [1.82, 2.24) is 4.90 Å². The second kappa shape index (κ2) is 8.40. The van der Waals surface area contributed by atoms with Gasteiger partial charge in [-0.15, -0.1) is 0 Å². The molecule has 0 aromatic heterocycles. The maximum Gasteiger partial charge on any atom is 0.0919 e. The van der Waals surface area contributed by atoms with Crippen molar-refractivity contribution >= 4 is 0 Å². The quantitative estimate of drug-likeness (QED) is 0.794. The number of aliphatic hydroxyl groups excluding tert-OH is 1. The van der Waals surface area contributed by atoms with Gasteiger partial charge in [0.2, 0.25) is 0 Å². The normalized spacial score (nSPS) is 14.6. The molecule has 0 saturated carbocycles. The van der Waals surface area contributed by atoms with Gasteiger partial charge < -0.3 is 9.84 Å². The van der Waals surface area contributed by atoms with Gasteiger partial charge in [0, 0.05) is 26.2 Å². The van der Waals surface area contributed by atoms with Gasteiger partial charge in [0.25, 0.3) is 0 Å². The average Bonchev–Trinajstić information content (AvgIpc) is 2.42. The van der Waals surface area contributed by atoms with Crippen molar-refractivity contribution in [1.29, 1.82) is 0 Å². The Labute approximate surface area is 123 Å². The smallest absolute Gasteiger partial charge is 0.0919 e. The van der Waals surface area contributed by atoms with Crippen LogP contribution in [0.5, 0.6) is 0 Å². The minimum Gasteiger partial charge on any atom is -0.387 e. The van der Waals surface area contributed by atoms with E-state index in [-0.39, 0.29) is 0 Å². The number of benzene rings is 1. The fraction of sp³-hybridized carbons (Fsp3) is 0.647. The molecule has 2 unspecified atom stereocenters. The summed E-state index contributed by atoms with van der Waals surface area (Å²) in [6.07, 6.45) is 0.630. The Bertz CT molecular complexity index is 406. The zero-order valence-electron chi connectivity index (χ0n) is 13.5. The molecule has 2 atom stereocenters. The fourth-order valence-corrected chi connectivity index (χ4v) is 2.48. The Morgan fingerprint density at radius 2 is 2.00 bits per heavy atom. The van der Waals surface area contributed by atoms with E-state index in [0.717, 1.165) is 24.1 Å². The molecule has 0 saturated heterocycles. The number of hydrogen-bond acceptors (Lipinski definition) is 3. The SMILES string of the molecule is CCC(C)N(CCOC)CC(O)c1ccc(C)cc1C. The van der Waals surface area contributed by atoms with Gasteiger partial charge >= 0.3 is 0 Å². The number of nitrogens with zero attached hydrogens (tertiary/aromatic N) is 1. The molecule has 1 rings (SSSR count). The minimum atomic E-state index is -0.443. The molecule has 0 spiro atoms. The molecule has 3 nitrogen and oxygen atoms in total. The number of ether oxygens (including phenoxy) is 1. The molecule has 0 amide bonds. The second-order valence-electron chi connectivity index (χ2n) is 5.62. The van der Waals surface area contributed by atoms with Crippen LogP contribution in [0.1, 0.15) is 43.1 Å². The Morgan fingerprint density at radius 3 is 2.55 bits per heavy atom. The average molecular weight is 279 g/mol. The number of aliphatic hydroxyl groups is 1. The van der Waals surface area contributed by atoms with E-state index in [2.05, 4.69) is 44.7 Å². The molecular formula is C17H29NO2. The molecule has 1 N–H and O–H groups in total. The number of methoxy groups -OCH3 is 1. The van der Waals surface area contributed by atoms with Crippen LogP contribution >= 0.6 is 0 Å². The monoisotopic (exact) mass is 279 g/mol. The first-order valence-electron chi connectivity index (χ1n) is 7.47. The van der Waals surface area contributed by atoms with Crippen LogP contribution in [0, 0.1) is 13.8 Å². The summed E-state index contributed by atoms with van der Waals surface area (Å²) in [5.41, 5.74) is 3.42. The van der Waals surface area contributed by atoms with Gasteiger partial charge in [-0.05, 0) is 38.3 Å². The third-order valence-electron chi connectivity index (χ3n) is 3.99. The van der Waals surface area contributed by atoms with Crippen LogP contribution in [0.2, 0.25) is 0 Å². The highest BCUT2D eigenvalue weighted by molar-refractivity contribution is 5.32. The number of aryl methyl sites for hydroxylation is 2. The fourth-order valence-electron chi connectivity index (χ4n) is 2.48. The Balaban J connectivity index is 2.75. The van der Waals surface area contributed by atoms with Crippen LogP contribution in [-0.4, -0.2) is 42.9 Å². The molecule has 0 aliphatic rings. The molecule has 0 fully saturated rings. The standard InChI is InChI=1S/C17H29NO2/c1-6-15(4)18(9-10-20-5)12-17(19)16-8-7-13(2)11-14(16)3/h7-8,11,15,17,19H,6,9-10,12H2,1-5H3. The first-order chi connectivity index (χ1) is 9.49. The molecule has 0 aliphatic carbocycles. The van der Waals surface area contributed by atoms with Crippen molar-refractivity contribution in [3.05, 3.63) is 34.9 Å². The first kappa shape index (κ1) is 17.2. The molecular weight excluding hydrogens is 250 g/mol. The van der Waals surface area contributed by atoms with Gasteiger partial charge in [0.1, 0.15) is 0 Å². The lowest BCUT2D eigenvalue weighted by Gasteiger charge is -2.30. The van der Waals surface area contributed by atoms with Crippen molar-refractivity contribution in [2.24, 2.45) is 0 Å². The highest BCUT2D eigenvalue weighted by Crippen LogP contribution is 2.21. The Hall–Kier alpha value is -0.900. The van der Waals surface area contributed by atoms with Gasteiger partial charge in [-0.25, -0.2) is 0 Å². The van der Waals surface area contributed by atoms with E-state index < -0.39 is 6.10 Å². The molecule has 3 heteroatoms. The molecule has 0 bridgehead atoms. The van der Waals surface area contributed by atoms with E-state index in [1.54, 1.807) is 7.11 Å². The maximum absolute atomic E-state index is 10.5. The lowest BCUT2D eigenvalue weighted by molar-refractivity contribution is 0.0665. The van der Waals surface area contributed by atoms with Crippen molar-refractivity contribution in [2.45, 2.75) is 46.3 Å². The van der Waals surface area contributed by atoms with Crippen LogP contribution in [0.3, 0.4) is 0 Å². The van der Waals surface area contributed by atoms with Crippen molar-refractivity contribution in [2.75, 3.05) is 26.8 Å². The summed E-state index contributed by atoms with van der Waals surface area (Å²) in [5.74, 6) is 0.